The van der Waals surface area contributed by atoms with Crippen molar-refractivity contribution in [3.8, 4) is 0 Å². The molecule has 0 saturated heterocycles. The van der Waals surface area contributed by atoms with E-state index in [9.17, 15) is 9.59 Å². The molecule has 8 nitrogen and oxygen atoms in total. The largest absolute Gasteiger partial charge is 0.446 e. The number of anilines is 1. The lowest BCUT2D eigenvalue weighted by Gasteiger charge is -2.22. The van der Waals surface area contributed by atoms with Crippen LogP contribution in [0.15, 0.2) is 36.4 Å². The van der Waals surface area contributed by atoms with E-state index in [0.29, 0.717) is 5.82 Å². The number of ether oxygens (including phenoxy) is 2. The molecule has 156 valence electrons. The molecule has 0 bridgehead atoms. The fourth-order valence-corrected chi connectivity index (χ4v) is 3.29. The van der Waals surface area contributed by atoms with Gasteiger partial charge in [-0.15, -0.1) is 0 Å². The van der Waals surface area contributed by atoms with Gasteiger partial charge >= 0.3 is 12.2 Å². The van der Waals surface area contributed by atoms with Crippen LogP contribution in [0.3, 0.4) is 0 Å². The average molecular weight is 400 g/mol. The second-order valence-corrected chi connectivity index (χ2v) is 8.31. The summed E-state index contributed by atoms with van der Waals surface area (Å²) in [6.45, 7) is 5.93. The molecule has 2 amide bonds. The second kappa shape index (κ2) is 8.98. The number of benzene rings is 1. The third kappa shape index (κ3) is 6.51. The Kier molecular flexibility index (Phi) is 6.41. The van der Waals surface area contributed by atoms with Crippen molar-refractivity contribution in [2.45, 2.75) is 64.2 Å². The first-order valence-electron chi connectivity index (χ1n) is 9.80. The van der Waals surface area contributed by atoms with E-state index in [4.69, 9.17) is 9.47 Å². The van der Waals surface area contributed by atoms with Gasteiger partial charge in [-0.05, 0) is 45.6 Å². The predicted octanol–water partition coefficient (Wildman–Crippen LogP) is 4.32. The summed E-state index contributed by atoms with van der Waals surface area (Å²) in [5.74, 6) is 0.610. The molecule has 29 heavy (non-hydrogen) atoms. The Morgan fingerprint density at radius 3 is 2.66 bits per heavy atom. The molecule has 3 N–H and O–H groups in total. The molecule has 1 heterocycles. The van der Waals surface area contributed by atoms with Crippen molar-refractivity contribution in [2.75, 3.05) is 5.32 Å². The van der Waals surface area contributed by atoms with Gasteiger partial charge < -0.3 is 14.8 Å². The quantitative estimate of drug-likeness (QED) is 0.693. The van der Waals surface area contributed by atoms with Crippen LogP contribution in [0, 0.1) is 0 Å². The highest BCUT2D eigenvalue weighted by atomic mass is 16.6. The Bertz CT molecular complexity index is 829. The van der Waals surface area contributed by atoms with E-state index in [2.05, 4.69) is 20.8 Å². The van der Waals surface area contributed by atoms with E-state index < -0.39 is 12.2 Å². The molecule has 1 aromatic carbocycles. The molecule has 0 spiro atoms. The van der Waals surface area contributed by atoms with Gasteiger partial charge in [0.1, 0.15) is 12.7 Å². The van der Waals surface area contributed by atoms with Crippen molar-refractivity contribution in [1.29, 1.82) is 0 Å². The lowest BCUT2D eigenvalue weighted by atomic mass is 10.0. The molecule has 0 aliphatic heterocycles. The van der Waals surface area contributed by atoms with Crippen LogP contribution in [0.4, 0.5) is 15.4 Å². The molecule has 0 unspecified atom stereocenters. The second-order valence-electron chi connectivity index (χ2n) is 8.31. The van der Waals surface area contributed by atoms with Crippen LogP contribution in [0.25, 0.3) is 0 Å². The number of nitrogens with zero attached hydrogens (tertiary/aromatic N) is 1. The highest BCUT2D eigenvalue weighted by molar-refractivity contribution is 5.83. The standard InChI is InChI=1S/C21H28N4O4/c1-21(2,3)23-20(27)29-16-10-9-15(11-16)17-12-18(25-24-17)22-19(26)28-13-14-7-5-4-6-8-14/h4-8,12,15-16H,9-11,13H2,1-3H3,(H,23,27)(H2,22,24,25,26)/t15-,16+/m1/s1. The van der Waals surface area contributed by atoms with E-state index in [0.717, 1.165) is 30.5 Å². The summed E-state index contributed by atoms with van der Waals surface area (Å²) in [4.78, 5) is 23.9. The zero-order valence-electron chi connectivity index (χ0n) is 17.0. The van der Waals surface area contributed by atoms with Gasteiger partial charge in [-0.2, -0.15) is 5.10 Å². The van der Waals surface area contributed by atoms with Crippen molar-refractivity contribution < 1.29 is 19.1 Å². The molecule has 3 rings (SSSR count). The molecular weight excluding hydrogens is 372 g/mol. The van der Waals surface area contributed by atoms with Gasteiger partial charge in [0.15, 0.2) is 5.82 Å². The van der Waals surface area contributed by atoms with E-state index in [-0.39, 0.29) is 24.2 Å². The van der Waals surface area contributed by atoms with Gasteiger partial charge in [-0.3, -0.25) is 10.4 Å². The molecule has 1 aliphatic carbocycles. The number of H-pyrrole nitrogens is 1. The number of amides is 2. The smallest absolute Gasteiger partial charge is 0.413 e. The minimum Gasteiger partial charge on any atom is -0.446 e. The van der Waals surface area contributed by atoms with Gasteiger partial charge in [0.25, 0.3) is 0 Å². The summed E-state index contributed by atoms with van der Waals surface area (Å²) in [6.07, 6.45) is 1.32. The summed E-state index contributed by atoms with van der Waals surface area (Å²) < 4.78 is 10.7. The SMILES string of the molecule is CC(C)(C)NC(=O)O[C@H]1CC[C@@H](c2cc(NC(=O)OCc3ccccc3)n[nH]2)C1. The number of aromatic amines is 1. The van der Waals surface area contributed by atoms with Crippen LogP contribution in [-0.2, 0) is 16.1 Å². The van der Waals surface area contributed by atoms with Crippen LogP contribution in [0.1, 0.15) is 57.2 Å². The first-order chi connectivity index (χ1) is 13.8. The summed E-state index contributed by atoms with van der Waals surface area (Å²) in [5.41, 5.74) is 1.50. The molecular formula is C21H28N4O4. The maximum absolute atomic E-state index is 12.0. The van der Waals surface area contributed by atoms with Crippen molar-refractivity contribution in [3.63, 3.8) is 0 Å². The fraction of sp³-hybridized carbons (Fsp3) is 0.476. The third-order valence-corrected chi connectivity index (χ3v) is 4.62. The summed E-state index contributed by atoms with van der Waals surface area (Å²) in [7, 11) is 0. The van der Waals surface area contributed by atoms with E-state index in [1.807, 2.05) is 51.1 Å². The normalized spacial score (nSPS) is 18.9. The predicted molar refractivity (Wildman–Crippen MR) is 109 cm³/mol. The molecule has 2 aromatic rings. The van der Waals surface area contributed by atoms with E-state index >= 15 is 0 Å². The van der Waals surface area contributed by atoms with E-state index in [1.165, 1.54) is 0 Å². The van der Waals surface area contributed by atoms with E-state index in [1.54, 1.807) is 6.07 Å². The van der Waals surface area contributed by atoms with Crippen LogP contribution in [0.5, 0.6) is 0 Å². The highest BCUT2D eigenvalue weighted by Gasteiger charge is 2.30. The van der Waals surface area contributed by atoms with Crippen molar-refractivity contribution in [3.05, 3.63) is 47.7 Å². The Morgan fingerprint density at radius 1 is 1.17 bits per heavy atom. The first-order valence-corrected chi connectivity index (χ1v) is 9.80. The summed E-state index contributed by atoms with van der Waals surface area (Å²) in [6, 6.07) is 11.3. The van der Waals surface area contributed by atoms with Crippen molar-refractivity contribution in [1.82, 2.24) is 15.5 Å². The Morgan fingerprint density at radius 2 is 1.93 bits per heavy atom. The molecule has 1 fully saturated rings. The molecule has 0 radical (unpaired) electrons. The maximum Gasteiger partial charge on any atom is 0.413 e. The zero-order valence-corrected chi connectivity index (χ0v) is 17.0. The molecule has 2 atom stereocenters. The van der Waals surface area contributed by atoms with Gasteiger partial charge in [0.2, 0.25) is 0 Å². The van der Waals surface area contributed by atoms with Gasteiger partial charge in [0.05, 0.1) is 0 Å². The minimum atomic E-state index is -0.557. The maximum atomic E-state index is 12.0. The fourth-order valence-electron chi connectivity index (χ4n) is 3.29. The lowest BCUT2D eigenvalue weighted by Crippen LogP contribution is -2.42. The number of aromatic nitrogens is 2. The van der Waals surface area contributed by atoms with Crippen LogP contribution in [0.2, 0.25) is 0 Å². The average Bonchev–Trinajstić information content (AvgIpc) is 3.28. The molecule has 1 aliphatic rings. The zero-order chi connectivity index (χ0) is 20.9. The van der Waals surface area contributed by atoms with Gasteiger partial charge in [-0.25, -0.2) is 9.59 Å². The van der Waals surface area contributed by atoms with Crippen LogP contribution >= 0.6 is 0 Å². The first kappa shape index (κ1) is 20.7. The van der Waals surface area contributed by atoms with Crippen molar-refractivity contribution in [2.24, 2.45) is 0 Å². The van der Waals surface area contributed by atoms with Crippen LogP contribution < -0.4 is 10.6 Å². The number of carbonyl (C=O) groups excluding carboxylic acids is 2. The molecule has 8 heteroatoms. The van der Waals surface area contributed by atoms with Gasteiger partial charge in [-0.1, -0.05) is 30.3 Å². The molecule has 1 aromatic heterocycles. The Balaban J connectivity index is 1.45. The summed E-state index contributed by atoms with van der Waals surface area (Å²) in [5, 5.41) is 12.5. The lowest BCUT2D eigenvalue weighted by molar-refractivity contribution is 0.0936. The van der Waals surface area contributed by atoms with Crippen molar-refractivity contribution >= 4 is 18.0 Å². The van der Waals surface area contributed by atoms with Gasteiger partial charge in [0, 0.05) is 23.2 Å². The Hall–Kier alpha value is -3.03. The monoisotopic (exact) mass is 400 g/mol. The molecule has 1 saturated carbocycles. The minimum absolute atomic E-state index is 0.127. The number of hydrogen-bond acceptors (Lipinski definition) is 5. The van der Waals surface area contributed by atoms with Crippen LogP contribution in [-0.4, -0.2) is 34.0 Å². The topological polar surface area (TPSA) is 105 Å². The summed E-state index contributed by atoms with van der Waals surface area (Å²) >= 11 is 0. The number of alkyl carbamates (subject to hydrolysis) is 1. The highest BCUT2D eigenvalue weighted by Crippen LogP contribution is 2.35. The Labute approximate surface area is 170 Å². The number of nitrogens with one attached hydrogen (secondary N) is 3. The number of carbonyl (C=O) groups is 2. The number of hydrogen-bond donors (Lipinski definition) is 3. The number of rotatable bonds is 5. The third-order valence-electron chi connectivity index (χ3n) is 4.62.